The van der Waals surface area contributed by atoms with Crippen molar-refractivity contribution >= 4 is 0 Å². The highest BCUT2D eigenvalue weighted by molar-refractivity contribution is 4.86. The lowest BCUT2D eigenvalue weighted by atomic mass is 10.1. The van der Waals surface area contributed by atoms with Crippen molar-refractivity contribution in [3.05, 3.63) is 12.2 Å². The highest BCUT2D eigenvalue weighted by Gasteiger charge is 2.18. The molecule has 0 spiro atoms. The number of nitrogens with zero attached hydrogens (tertiary/aromatic N) is 4. The summed E-state index contributed by atoms with van der Waals surface area (Å²) in [7, 11) is 0. The van der Waals surface area contributed by atoms with Gasteiger partial charge in [0.25, 0.3) is 0 Å². The molecule has 0 unspecified atom stereocenters. The van der Waals surface area contributed by atoms with E-state index in [0.29, 0.717) is 6.04 Å². The summed E-state index contributed by atoms with van der Waals surface area (Å²) in [6.07, 6.45) is 3.97. The first-order valence-corrected chi connectivity index (χ1v) is 5.64. The molecule has 0 aliphatic carbocycles. The van der Waals surface area contributed by atoms with Crippen molar-refractivity contribution in [2.45, 2.75) is 38.9 Å². The van der Waals surface area contributed by atoms with Gasteiger partial charge in [0.2, 0.25) is 0 Å². The Kier molecular flexibility index (Phi) is 3.33. The molecule has 2 heterocycles. The Morgan fingerprint density at radius 2 is 2.47 bits per heavy atom. The third-order valence-corrected chi connectivity index (χ3v) is 2.90. The van der Waals surface area contributed by atoms with Gasteiger partial charge in [-0.15, -0.1) is 0 Å². The molecule has 0 bridgehead atoms. The van der Waals surface area contributed by atoms with Gasteiger partial charge in [0, 0.05) is 19.1 Å². The van der Waals surface area contributed by atoms with E-state index in [-0.39, 0.29) is 0 Å². The summed E-state index contributed by atoms with van der Waals surface area (Å²) in [5, 5.41) is 4.17. The van der Waals surface area contributed by atoms with E-state index in [0.717, 1.165) is 38.4 Å². The van der Waals surface area contributed by atoms with Crippen LogP contribution in [0, 0.1) is 0 Å². The van der Waals surface area contributed by atoms with Gasteiger partial charge in [-0.05, 0) is 26.3 Å². The average Bonchev–Trinajstić information content (AvgIpc) is 2.65. The van der Waals surface area contributed by atoms with Crippen molar-refractivity contribution < 1.29 is 0 Å². The van der Waals surface area contributed by atoms with Crippen LogP contribution in [0.25, 0.3) is 0 Å². The van der Waals surface area contributed by atoms with E-state index < -0.39 is 0 Å². The van der Waals surface area contributed by atoms with Gasteiger partial charge in [0.05, 0.1) is 6.54 Å². The van der Waals surface area contributed by atoms with Gasteiger partial charge >= 0.3 is 0 Å². The molecular weight excluding hydrogens is 190 g/mol. The fourth-order valence-corrected chi connectivity index (χ4v) is 2.11. The van der Waals surface area contributed by atoms with Crippen LogP contribution >= 0.6 is 0 Å². The summed E-state index contributed by atoms with van der Waals surface area (Å²) >= 11 is 0. The van der Waals surface area contributed by atoms with Gasteiger partial charge < -0.3 is 5.73 Å². The Labute approximate surface area is 90.3 Å². The van der Waals surface area contributed by atoms with Crippen molar-refractivity contribution in [1.82, 2.24) is 19.7 Å². The number of hydrogen-bond acceptors (Lipinski definition) is 4. The summed E-state index contributed by atoms with van der Waals surface area (Å²) in [4.78, 5) is 6.64. The molecule has 0 amide bonds. The number of piperidine rings is 1. The van der Waals surface area contributed by atoms with E-state index in [2.05, 4.69) is 21.9 Å². The first-order chi connectivity index (χ1) is 7.29. The van der Waals surface area contributed by atoms with Gasteiger partial charge in [-0.3, -0.25) is 4.90 Å². The lowest BCUT2D eigenvalue weighted by Gasteiger charge is -2.30. The molecule has 0 radical (unpaired) electrons. The molecule has 1 atom stereocenters. The molecule has 84 valence electrons. The van der Waals surface area contributed by atoms with Crippen LogP contribution in [0.3, 0.4) is 0 Å². The van der Waals surface area contributed by atoms with Crippen molar-refractivity contribution in [3.8, 4) is 0 Å². The Bertz CT molecular complexity index is 309. The molecule has 5 heteroatoms. The van der Waals surface area contributed by atoms with Crippen molar-refractivity contribution in [3.63, 3.8) is 0 Å². The van der Waals surface area contributed by atoms with E-state index in [1.54, 1.807) is 6.33 Å². The van der Waals surface area contributed by atoms with E-state index in [1.165, 1.54) is 6.42 Å². The number of aryl methyl sites for hydroxylation is 1. The summed E-state index contributed by atoms with van der Waals surface area (Å²) in [5.41, 5.74) is 5.94. The Morgan fingerprint density at radius 3 is 3.20 bits per heavy atom. The maximum atomic E-state index is 5.94. The Morgan fingerprint density at radius 1 is 1.60 bits per heavy atom. The van der Waals surface area contributed by atoms with Crippen molar-refractivity contribution in [2.24, 2.45) is 5.73 Å². The Balaban J connectivity index is 1.96. The largest absolute Gasteiger partial charge is 0.327 e. The number of likely N-dealkylation sites (tertiary alicyclic amines) is 1. The van der Waals surface area contributed by atoms with Gasteiger partial charge in [-0.2, -0.15) is 5.10 Å². The highest BCUT2D eigenvalue weighted by atomic mass is 15.3. The smallest absolute Gasteiger partial charge is 0.140 e. The summed E-state index contributed by atoms with van der Waals surface area (Å²) in [6, 6.07) is 0.330. The molecule has 1 saturated heterocycles. The SMILES string of the molecule is CCn1ncnc1CN1CCC[C@@H](N)C1. The lowest BCUT2D eigenvalue weighted by molar-refractivity contribution is 0.194. The van der Waals surface area contributed by atoms with E-state index in [1.807, 2.05) is 4.68 Å². The second-order valence-electron chi connectivity index (χ2n) is 4.13. The van der Waals surface area contributed by atoms with Gasteiger partial charge in [0.15, 0.2) is 0 Å². The van der Waals surface area contributed by atoms with Crippen LogP contribution in [0.15, 0.2) is 6.33 Å². The summed E-state index contributed by atoms with van der Waals surface area (Å²) in [5.74, 6) is 1.05. The van der Waals surface area contributed by atoms with E-state index in [4.69, 9.17) is 5.73 Å². The van der Waals surface area contributed by atoms with Crippen LogP contribution in [-0.4, -0.2) is 38.8 Å². The molecule has 5 nitrogen and oxygen atoms in total. The van der Waals surface area contributed by atoms with Crippen LogP contribution < -0.4 is 5.73 Å². The number of aromatic nitrogens is 3. The fourth-order valence-electron chi connectivity index (χ4n) is 2.11. The predicted molar refractivity (Wildman–Crippen MR) is 58.2 cm³/mol. The highest BCUT2D eigenvalue weighted by Crippen LogP contribution is 2.10. The van der Waals surface area contributed by atoms with Gasteiger partial charge in [0.1, 0.15) is 12.2 Å². The standard InChI is InChI=1S/C10H19N5/c1-2-15-10(12-8-13-15)7-14-5-3-4-9(11)6-14/h8-9H,2-7,11H2,1H3/t9-/m1/s1. The van der Waals surface area contributed by atoms with Crippen LogP contribution in [0.1, 0.15) is 25.6 Å². The molecule has 0 aromatic carbocycles. The molecule has 1 fully saturated rings. The summed E-state index contributed by atoms with van der Waals surface area (Å²) < 4.78 is 1.94. The minimum absolute atomic E-state index is 0.330. The number of nitrogens with two attached hydrogens (primary N) is 1. The zero-order valence-corrected chi connectivity index (χ0v) is 9.26. The molecule has 0 saturated carbocycles. The van der Waals surface area contributed by atoms with Crippen molar-refractivity contribution in [2.75, 3.05) is 13.1 Å². The molecule has 1 aliphatic heterocycles. The normalized spacial score (nSPS) is 23.2. The summed E-state index contributed by atoms with van der Waals surface area (Å²) in [6.45, 7) is 5.96. The molecule has 15 heavy (non-hydrogen) atoms. The van der Waals surface area contributed by atoms with E-state index >= 15 is 0 Å². The monoisotopic (exact) mass is 209 g/mol. The zero-order valence-electron chi connectivity index (χ0n) is 9.26. The minimum atomic E-state index is 0.330. The lowest BCUT2D eigenvalue weighted by Crippen LogP contribution is -2.42. The third-order valence-electron chi connectivity index (χ3n) is 2.90. The number of rotatable bonds is 3. The predicted octanol–water partition coefficient (Wildman–Crippen LogP) is 0.221. The van der Waals surface area contributed by atoms with E-state index in [9.17, 15) is 0 Å². The van der Waals surface area contributed by atoms with Gasteiger partial charge in [-0.25, -0.2) is 9.67 Å². The van der Waals surface area contributed by atoms with Crippen LogP contribution in [0.4, 0.5) is 0 Å². The second-order valence-corrected chi connectivity index (χ2v) is 4.13. The maximum absolute atomic E-state index is 5.94. The topological polar surface area (TPSA) is 60.0 Å². The first-order valence-electron chi connectivity index (χ1n) is 5.64. The third kappa shape index (κ3) is 2.54. The quantitative estimate of drug-likeness (QED) is 0.773. The maximum Gasteiger partial charge on any atom is 0.140 e. The van der Waals surface area contributed by atoms with Crippen LogP contribution in [0.2, 0.25) is 0 Å². The Hall–Kier alpha value is -0.940. The molecular formula is C10H19N5. The molecule has 1 aromatic rings. The molecule has 2 N–H and O–H groups in total. The fraction of sp³-hybridized carbons (Fsp3) is 0.800. The molecule has 2 rings (SSSR count). The zero-order chi connectivity index (χ0) is 10.7. The van der Waals surface area contributed by atoms with Crippen LogP contribution in [-0.2, 0) is 13.1 Å². The second kappa shape index (κ2) is 4.72. The van der Waals surface area contributed by atoms with Crippen molar-refractivity contribution in [1.29, 1.82) is 0 Å². The van der Waals surface area contributed by atoms with Gasteiger partial charge in [-0.1, -0.05) is 0 Å². The van der Waals surface area contributed by atoms with Crippen LogP contribution in [0.5, 0.6) is 0 Å². The molecule has 1 aromatic heterocycles. The molecule has 1 aliphatic rings. The first kappa shape index (κ1) is 10.6. The minimum Gasteiger partial charge on any atom is -0.327 e. The average molecular weight is 209 g/mol. The number of hydrogen-bond donors (Lipinski definition) is 1.